The number of β-amino-alcohol motifs (C(OH)–C–C–N with tert-alkyl or cyclic N) is 1. The maximum Gasteiger partial charge on any atom is 0.247 e. The van der Waals surface area contributed by atoms with Crippen LogP contribution < -0.4 is 27.0 Å². The molecule has 3 aromatic rings. The highest BCUT2D eigenvalue weighted by Gasteiger charge is 2.41. The number of fused-ring (bicyclic) bond motifs is 1. The minimum Gasteiger partial charge on any atom is -0.388 e. The van der Waals surface area contributed by atoms with Gasteiger partial charge in [0, 0.05) is 51.4 Å². The molecule has 2 aliphatic heterocycles. The summed E-state index contributed by atoms with van der Waals surface area (Å²) in [5, 5.41) is 22.3. The van der Waals surface area contributed by atoms with Crippen LogP contribution in [0.5, 0.6) is 0 Å². The lowest BCUT2D eigenvalue weighted by molar-refractivity contribution is -0.103. The lowest BCUT2D eigenvalue weighted by Gasteiger charge is -2.51. The number of piperidine rings is 1. The Balaban J connectivity index is 1.30. The van der Waals surface area contributed by atoms with Gasteiger partial charge in [0.1, 0.15) is 0 Å². The lowest BCUT2D eigenvalue weighted by atomic mass is 9.91. The SMILES string of the molecule is CC1(O)CN([C@@H]2CCCN(c3cc(CN)cc(Nc4nc(NC5CC5)c5ncc(CN)n5n4)c3Cl)C2)C1. The van der Waals surface area contributed by atoms with E-state index in [0.717, 1.165) is 55.7 Å². The van der Waals surface area contributed by atoms with Crippen molar-refractivity contribution in [1.29, 1.82) is 0 Å². The zero-order valence-corrected chi connectivity index (χ0v) is 21.9. The van der Waals surface area contributed by atoms with Crippen molar-refractivity contribution >= 4 is 40.4 Å². The van der Waals surface area contributed by atoms with Gasteiger partial charge in [-0.15, -0.1) is 5.10 Å². The molecular formula is C25H35ClN10O. The minimum absolute atomic E-state index is 0.316. The summed E-state index contributed by atoms with van der Waals surface area (Å²) < 4.78 is 1.73. The number of anilines is 4. The first-order chi connectivity index (χ1) is 17.8. The van der Waals surface area contributed by atoms with Crippen LogP contribution in [0.15, 0.2) is 18.3 Å². The fraction of sp³-hybridized carbons (Fsp3) is 0.560. The Morgan fingerprint density at radius 1 is 1.19 bits per heavy atom. The van der Waals surface area contributed by atoms with Crippen molar-refractivity contribution in [3.8, 4) is 0 Å². The molecule has 0 amide bonds. The van der Waals surface area contributed by atoms with Crippen molar-refractivity contribution in [3.05, 3.63) is 34.6 Å². The van der Waals surface area contributed by atoms with Gasteiger partial charge in [-0.2, -0.15) is 4.98 Å². The van der Waals surface area contributed by atoms with E-state index in [-0.39, 0.29) is 0 Å². The molecule has 7 N–H and O–H groups in total. The Kier molecular flexibility index (Phi) is 6.36. The molecule has 2 saturated heterocycles. The van der Waals surface area contributed by atoms with Crippen LogP contribution >= 0.6 is 11.6 Å². The van der Waals surface area contributed by atoms with Crippen LogP contribution in [0.1, 0.15) is 43.9 Å². The average molecular weight is 527 g/mol. The van der Waals surface area contributed by atoms with Crippen LogP contribution in [0.2, 0.25) is 5.02 Å². The molecule has 2 aromatic heterocycles. The monoisotopic (exact) mass is 526 g/mol. The fourth-order valence-corrected chi connectivity index (χ4v) is 5.70. The Bertz CT molecular complexity index is 1300. The first-order valence-corrected chi connectivity index (χ1v) is 13.4. The molecule has 3 fully saturated rings. The summed E-state index contributed by atoms with van der Waals surface area (Å²) in [7, 11) is 0. The van der Waals surface area contributed by atoms with Gasteiger partial charge in [-0.1, -0.05) is 11.6 Å². The van der Waals surface area contributed by atoms with Gasteiger partial charge in [-0.25, -0.2) is 9.50 Å². The summed E-state index contributed by atoms with van der Waals surface area (Å²) in [4.78, 5) is 13.9. The highest BCUT2D eigenvalue weighted by atomic mass is 35.5. The molecule has 1 saturated carbocycles. The second kappa shape index (κ2) is 9.55. The average Bonchev–Trinajstić information content (AvgIpc) is 3.59. The van der Waals surface area contributed by atoms with Crippen LogP contribution in [0.25, 0.3) is 5.65 Å². The Labute approximate surface area is 221 Å². The third-order valence-corrected chi connectivity index (χ3v) is 7.89. The molecule has 0 bridgehead atoms. The van der Waals surface area contributed by atoms with E-state index in [9.17, 15) is 5.11 Å². The first kappa shape index (κ1) is 24.6. The van der Waals surface area contributed by atoms with Crippen LogP contribution in [0.4, 0.5) is 23.1 Å². The lowest BCUT2D eigenvalue weighted by Crippen LogP contribution is -2.65. The maximum atomic E-state index is 10.2. The van der Waals surface area contributed by atoms with E-state index in [1.165, 1.54) is 0 Å². The van der Waals surface area contributed by atoms with Crippen LogP contribution in [-0.4, -0.2) is 73.5 Å². The molecule has 0 unspecified atom stereocenters. The number of rotatable bonds is 8. The predicted molar refractivity (Wildman–Crippen MR) is 145 cm³/mol. The van der Waals surface area contributed by atoms with Crippen molar-refractivity contribution in [1.82, 2.24) is 24.5 Å². The van der Waals surface area contributed by atoms with Gasteiger partial charge in [0.25, 0.3) is 0 Å². The fourth-order valence-electron chi connectivity index (χ4n) is 5.42. The first-order valence-electron chi connectivity index (χ1n) is 13.1. The molecule has 37 heavy (non-hydrogen) atoms. The summed E-state index contributed by atoms with van der Waals surface area (Å²) in [6.45, 7) is 5.80. The van der Waals surface area contributed by atoms with Gasteiger partial charge in [0.2, 0.25) is 5.95 Å². The molecule has 3 aliphatic rings. The smallest absolute Gasteiger partial charge is 0.247 e. The van der Waals surface area contributed by atoms with Crippen LogP contribution in [-0.2, 0) is 13.1 Å². The van der Waals surface area contributed by atoms with E-state index < -0.39 is 5.60 Å². The molecule has 1 aliphatic carbocycles. The second-order valence-corrected chi connectivity index (χ2v) is 11.2. The van der Waals surface area contributed by atoms with Crippen molar-refractivity contribution in [2.45, 2.75) is 63.4 Å². The number of halogens is 1. The Morgan fingerprint density at radius 3 is 2.70 bits per heavy atom. The third-order valence-electron chi connectivity index (χ3n) is 7.50. The van der Waals surface area contributed by atoms with Crippen LogP contribution in [0.3, 0.4) is 0 Å². The number of hydrogen-bond donors (Lipinski definition) is 5. The molecule has 198 valence electrons. The van der Waals surface area contributed by atoms with Gasteiger partial charge < -0.3 is 32.1 Å². The highest BCUT2D eigenvalue weighted by molar-refractivity contribution is 6.36. The van der Waals surface area contributed by atoms with Crippen molar-refractivity contribution in [2.24, 2.45) is 11.5 Å². The standard InChI is InChI=1S/C25H35ClN10O/c1-25(37)13-35(14-25)17-3-2-6-34(12-17)20-8-15(9-27)7-19(21(20)26)31-24-32-22(30-16-4-5-16)23-29-11-18(10-28)36(23)33-24/h7-8,11,16-17,37H,2-6,9-10,12-14,27-28H2,1H3,(H2,30,31,32,33)/t17-/m1/s1. The molecule has 11 nitrogen and oxygen atoms in total. The zero-order valence-electron chi connectivity index (χ0n) is 21.1. The molecule has 12 heteroatoms. The molecular weight excluding hydrogens is 492 g/mol. The molecule has 1 aromatic carbocycles. The summed E-state index contributed by atoms with van der Waals surface area (Å²) in [5.74, 6) is 1.08. The maximum absolute atomic E-state index is 10.2. The van der Waals surface area contributed by atoms with Crippen molar-refractivity contribution in [2.75, 3.05) is 41.7 Å². The predicted octanol–water partition coefficient (Wildman–Crippen LogP) is 2.05. The zero-order chi connectivity index (χ0) is 25.7. The Morgan fingerprint density at radius 2 is 2.00 bits per heavy atom. The topological polar surface area (TPSA) is 146 Å². The number of likely N-dealkylation sites (tertiary alicyclic amines) is 1. The van der Waals surface area contributed by atoms with Gasteiger partial charge >= 0.3 is 0 Å². The van der Waals surface area contributed by atoms with Gasteiger partial charge in [0.15, 0.2) is 11.5 Å². The van der Waals surface area contributed by atoms with Crippen LogP contribution in [0, 0.1) is 0 Å². The quantitative estimate of drug-likeness (QED) is 0.295. The number of benzene rings is 1. The number of aromatic nitrogens is 4. The molecule has 6 rings (SSSR count). The normalized spacial score (nSPS) is 21.8. The highest BCUT2D eigenvalue weighted by Crippen LogP contribution is 2.38. The molecule has 0 spiro atoms. The van der Waals surface area contributed by atoms with E-state index in [1.807, 2.05) is 13.0 Å². The molecule has 1 atom stereocenters. The Hall–Kier alpha value is -2.70. The summed E-state index contributed by atoms with van der Waals surface area (Å²) >= 11 is 7.02. The molecule has 0 radical (unpaired) electrons. The van der Waals surface area contributed by atoms with Crippen molar-refractivity contribution < 1.29 is 5.11 Å². The summed E-state index contributed by atoms with van der Waals surface area (Å²) in [6.07, 6.45) is 6.14. The van der Waals surface area contributed by atoms with E-state index in [4.69, 9.17) is 28.1 Å². The minimum atomic E-state index is -0.580. The molecule has 4 heterocycles. The number of aliphatic hydroxyl groups is 1. The number of nitrogens with zero attached hydrogens (tertiary/aromatic N) is 6. The van der Waals surface area contributed by atoms with E-state index in [1.54, 1.807) is 10.7 Å². The number of nitrogens with two attached hydrogens (primary N) is 2. The number of nitrogens with one attached hydrogen (secondary N) is 2. The largest absolute Gasteiger partial charge is 0.388 e. The summed E-state index contributed by atoms with van der Waals surface area (Å²) in [6, 6.07) is 4.83. The van der Waals surface area contributed by atoms with Gasteiger partial charge in [0.05, 0.1) is 33.9 Å². The third kappa shape index (κ3) is 4.94. The van der Waals surface area contributed by atoms with E-state index >= 15 is 0 Å². The van der Waals surface area contributed by atoms with E-state index in [2.05, 4.69) is 36.6 Å². The summed E-state index contributed by atoms with van der Waals surface area (Å²) in [5.41, 5.74) is 15.5. The van der Waals surface area contributed by atoms with E-state index in [0.29, 0.717) is 66.4 Å². The second-order valence-electron chi connectivity index (χ2n) is 10.8. The van der Waals surface area contributed by atoms with Crippen molar-refractivity contribution in [3.63, 3.8) is 0 Å². The number of hydrogen-bond acceptors (Lipinski definition) is 10. The van der Waals surface area contributed by atoms with Gasteiger partial charge in [-0.05, 0) is 50.3 Å². The van der Waals surface area contributed by atoms with Gasteiger partial charge in [-0.3, -0.25) is 4.90 Å². The number of imidazole rings is 1.